The fourth-order valence-corrected chi connectivity index (χ4v) is 1.70. The van der Waals surface area contributed by atoms with E-state index in [1.807, 2.05) is 41.2 Å². The number of carboxylic acids is 1. The molecule has 1 N–H and O–H groups in total. The Bertz CT molecular complexity index is 595. The van der Waals surface area contributed by atoms with E-state index >= 15 is 0 Å². The molecule has 0 aliphatic heterocycles. The van der Waals surface area contributed by atoms with Crippen molar-refractivity contribution in [2.75, 3.05) is 0 Å². The zero-order valence-corrected chi connectivity index (χ0v) is 10.9. The summed E-state index contributed by atoms with van der Waals surface area (Å²) >= 11 is 0. The van der Waals surface area contributed by atoms with Crippen LogP contribution in [0.3, 0.4) is 0 Å². The number of nitrogens with zero attached hydrogens (tertiary/aromatic N) is 2. The van der Waals surface area contributed by atoms with Crippen LogP contribution < -0.4 is 0 Å². The van der Waals surface area contributed by atoms with E-state index < -0.39 is 5.97 Å². The van der Waals surface area contributed by atoms with Crippen LogP contribution in [0.2, 0.25) is 0 Å². The van der Waals surface area contributed by atoms with Crippen molar-refractivity contribution in [3.05, 3.63) is 53.9 Å². The molecule has 0 fully saturated rings. The minimum atomic E-state index is -0.947. The largest absolute Gasteiger partial charge is 0.478 e. The number of carbonyl (C=O) groups is 1. The van der Waals surface area contributed by atoms with Crippen LogP contribution in [-0.2, 0) is 4.79 Å². The summed E-state index contributed by atoms with van der Waals surface area (Å²) in [5, 5.41) is 13.0. The summed E-state index contributed by atoms with van der Waals surface area (Å²) in [7, 11) is 0. The van der Waals surface area contributed by atoms with Crippen LogP contribution in [0, 0.1) is 0 Å². The lowest BCUT2D eigenvalue weighted by Gasteiger charge is -2.02. The summed E-state index contributed by atoms with van der Waals surface area (Å²) < 4.78 is 1.82. The van der Waals surface area contributed by atoms with Crippen molar-refractivity contribution in [2.24, 2.45) is 0 Å². The SMILES string of the molecule is CC(C)c1ccn(-c2ccc(C=CC(=O)O)cc2)n1. The van der Waals surface area contributed by atoms with Gasteiger partial charge >= 0.3 is 5.97 Å². The Hall–Kier alpha value is -2.36. The minimum absolute atomic E-state index is 0.402. The maximum absolute atomic E-state index is 10.4. The molecule has 1 aromatic carbocycles. The van der Waals surface area contributed by atoms with Crippen molar-refractivity contribution in [1.82, 2.24) is 9.78 Å². The van der Waals surface area contributed by atoms with Crippen molar-refractivity contribution < 1.29 is 9.90 Å². The van der Waals surface area contributed by atoms with Crippen LogP contribution in [0.4, 0.5) is 0 Å². The van der Waals surface area contributed by atoms with Crippen LogP contribution >= 0.6 is 0 Å². The number of rotatable bonds is 4. The highest BCUT2D eigenvalue weighted by Gasteiger charge is 2.04. The second-order valence-corrected chi connectivity index (χ2v) is 4.60. The van der Waals surface area contributed by atoms with Crippen molar-refractivity contribution in [3.8, 4) is 5.69 Å². The molecule has 0 amide bonds. The van der Waals surface area contributed by atoms with E-state index in [1.165, 1.54) is 0 Å². The monoisotopic (exact) mass is 256 g/mol. The molecule has 0 aliphatic carbocycles. The molecule has 0 bridgehead atoms. The summed E-state index contributed by atoms with van der Waals surface area (Å²) in [5.74, 6) is -0.545. The topological polar surface area (TPSA) is 55.1 Å². The van der Waals surface area contributed by atoms with Gasteiger partial charge in [-0.1, -0.05) is 26.0 Å². The Morgan fingerprint density at radius 1 is 1.26 bits per heavy atom. The molecule has 98 valence electrons. The molecular weight excluding hydrogens is 240 g/mol. The predicted molar refractivity (Wildman–Crippen MR) is 74.3 cm³/mol. The smallest absolute Gasteiger partial charge is 0.328 e. The van der Waals surface area contributed by atoms with Gasteiger partial charge in [-0.2, -0.15) is 5.10 Å². The molecule has 2 aromatic rings. The molecular formula is C15H16N2O2. The third kappa shape index (κ3) is 3.31. The van der Waals surface area contributed by atoms with Crippen LogP contribution in [0.25, 0.3) is 11.8 Å². The number of carboxylic acid groups (broad SMARTS) is 1. The first-order valence-electron chi connectivity index (χ1n) is 6.13. The molecule has 0 radical (unpaired) electrons. The fourth-order valence-electron chi connectivity index (χ4n) is 1.70. The van der Waals surface area contributed by atoms with Gasteiger partial charge in [0.05, 0.1) is 11.4 Å². The molecule has 0 atom stereocenters. The van der Waals surface area contributed by atoms with Gasteiger partial charge in [0.2, 0.25) is 0 Å². The molecule has 0 saturated carbocycles. The van der Waals surface area contributed by atoms with E-state index in [0.29, 0.717) is 5.92 Å². The summed E-state index contributed by atoms with van der Waals surface area (Å²) in [6, 6.07) is 9.57. The number of hydrogen-bond acceptors (Lipinski definition) is 2. The first-order chi connectivity index (χ1) is 9.06. The number of hydrogen-bond donors (Lipinski definition) is 1. The van der Waals surface area contributed by atoms with Crippen LogP contribution in [-0.4, -0.2) is 20.9 Å². The average Bonchev–Trinajstić information content (AvgIpc) is 2.86. The number of benzene rings is 1. The van der Waals surface area contributed by atoms with Crippen molar-refractivity contribution in [3.63, 3.8) is 0 Å². The predicted octanol–water partition coefficient (Wildman–Crippen LogP) is 3.09. The number of aliphatic carboxylic acids is 1. The Balaban J connectivity index is 2.19. The van der Waals surface area contributed by atoms with Crippen LogP contribution in [0.15, 0.2) is 42.6 Å². The lowest BCUT2D eigenvalue weighted by molar-refractivity contribution is -0.131. The second kappa shape index (κ2) is 5.52. The van der Waals surface area contributed by atoms with Gasteiger partial charge in [-0.05, 0) is 35.8 Å². The molecule has 4 nitrogen and oxygen atoms in total. The van der Waals surface area contributed by atoms with Gasteiger partial charge in [-0.25, -0.2) is 9.48 Å². The first-order valence-corrected chi connectivity index (χ1v) is 6.13. The maximum Gasteiger partial charge on any atom is 0.328 e. The van der Waals surface area contributed by atoms with E-state index in [1.54, 1.807) is 6.08 Å². The minimum Gasteiger partial charge on any atom is -0.478 e. The first kappa shape index (κ1) is 13.1. The summed E-state index contributed by atoms with van der Waals surface area (Å²) in [5.41, 5.74) is 2.86. The van der Waals surface area contributed by atoms with Gasteiger partial charge in [0, 0.05) is 12.3 Å². The highest BCUT2D eigenvalue weighted by atomic mass is 16.4. The molecule has 19 heavy (non-hydrogen) atoms. The van der Waals surface area contributed by atoms with E-state index in [9.17, 15) is 4.79 Å². The van der Waals surface area contributed by atoms with Crippen LogP contribution in [0.1, 0.15) is 31.0 Å². The quantitative estimate of drug-likeness (QED) is 0.855. The molecule has 1 heterocycles. The molecule has 0 spiro atoms. The molecule has 2 rings (SSSR count). The van der Waals surface area contributed by atoms with E-state index in [-0.39, 0.29) is 0 Å². The molecule has 4 heteroatoms. The molecule has 0 aliphatic rings. The summed E-state index contributed by atoms with van der Waals surface area (Å²) in [6.07, 6.45) is 4.62. The molecule has 1 aromatic heterocycles. The van der Waals surface area contributed by atoms with Gasteiger partial charge in [0.25, 0.3) is 0 Å². The summed E-state index contributed by atoms with van der Waals surface area (Å²) in [6.45, 7) is 4.21. The van der Waals surface area contributed by atoms with Gasteiger partial charge in [-0.3, -0.25) is 0 Å². The normalized spacial score (nSPS) is 11.3. The standard InChI is InChI=1S/C15H16N2O2/c1-11(2)14-9-10-17(16-14)13-6-3-12(4-7-13)5-8-15(18)19/h3-11H,1-2H3,(H,18,19). The lowest BCUT2D eigenvalue weighted by atomic mass is 10.1. The molecule has 0 saturated heterocycles. The highest BCUT2D eigenvalue weighted by Crippen LogP contribution is 2.15. The third-order valence-electron chi connectivity index (χ3n) is 2.78. The van der Waals surface area contributed by atoms with Gasteiger partial charge in [-0.15, -0.1) is 0 Å². The van der Waals surface area contributed by atoms with E-state index in [2.05, 4.69) is 18.9 Å². The van der Waals surface area contributed by atoms with E-state index in [4.69, 9.17) is 5.11 Å². The second-order valence-electron chi connectivity index (χ2n) is 4.60. The van der Waals surface area contributed by atoms with Gasteiger partial charge < -0.3 is 5.11 Å². The maximum atomic E-state index is 10.4. The Labute approximate surface area is 112 Å². The van der Waals surface area contributed by atoms with Gasteiger partial charge in [0.1, 0.15) is 0 Å². The Morgan fingerprint density at radius 2 is 1.95 bits per heavy atom. The Morgan fingerprint density at radius 3 is 2.47 bits per heavy atom. The van der Waals surface area contributed by atoms with Crippen molar-refractivity contribution in [1.29, 1.82) is 0 Å². The third-order valence-corrected chi connectivity index (χ3v) is 2.78. The van der Waals surface area contributed by atoms with Gasteiger partial charge in [0.15, 0.2) is 0 Å². The zero-order valence-electron chi connectivity index (χ0n) is 10.9. The molecule has 0 unspecified atom stereocenters. The summed E-state index contributed by atoms with van der Waals surface area (Å²) in [4.78, 5) is 10.4. The van der Waals surface area contributed by atoms with E-state index in [0.717, 1.165) is 23.0 Å². The average molecular weight is 256 g/mol. The lowest BCUT2D eigenvalue weighted by Crippen LogP contribution is -1.97. The van der Waals surface area contributed by atoms with Crippen molar-refractivity contribution in [2.45, 2.75) is 19.8 Å². The Kier molecular flexibility index (Phi) is 3.80. The number of aromatic nitrogens is 2. The highest BCUT2D eigenvalue weighted by molar-refractivity contribution is 5.85. The zero-order chi connectivity index (χ0) is 13.8. The fraction of sp³-hybridized carbons (Fsp3) is 0.200. The van der Waals surface area contributed by atoms with Crippen molar-refractivity contribution >= 4 is 12.0 Å². The van der Waals surface area contributed by atoms with Crippen LogP contribution in [0.5, 0.6) is 0 Å².